The van der Waals surface area contributed by atoms with Crippen LogP contribution in [0.25, 0.3) is 0 Å². The van der Waals surface area contributed by atoms with Crippen LogP contribution in [0, 0.1) is 21.0 Å². The molecule has 0 radical (unpaired) electrons. The molecule has 1 amide bonds. The standard InChI is InChI=1S/C19H18F3IN4O5/c1-30-24-4-6-32-27-19(29)13-8-11(10-25-31-7-5-28)16(21)17(22)18(13)26-15-3-2-12(23)9-14(15)20/h2-4,8-10,26,28H,5-7H2,1H3,(H,27,29)/b24-4+,25-10?. The number of amides is 1. The van der Waals surface area contributed by atoms with Crippen molar-refractivity contribution in [2.24, 2.45) is 10.3 Å². The molecule has 0 aliphatic carbocycles. The monoisotopic (exact) mass is 566 g/mol. The predicted molar refractivity (Wildman–Crippen MR) is 118 cm³/mol. The van der Waals surface area contributed by atoms with Crippen LogP contribution >= 0.6 is 22.6 Å². The lowest BCUT2D eigenvalue weighted by molar-refractivity contribution is 0.0456. The van der Waals surface area contributed by atoms with Gasteiger partial charge in [-0.2, -0.15) is 0 Å². The Morgan fingerprint density at radius 2 is 2.00 bits per heavy atom. The lowest BCUT2D eigenvalue weighted by atomic mass is 10.1. The first-order valence-corrected chi connectivity index (χ1v) is 9.94. The van der Waals surface area contributed by atoms with Gasteiger partial charge in [-0.25, -0.2) is 18.7 Å². The molecule has 0 aromatic heterocycles. The molecule has 2 rings (SSSR count). The molecule has 0 spiro atoms. The van der Waals surface area contributed by atoms with Crippen LogP contribution in [0.4, 0.5) is 24.5 Å². The van der Waals surface area contributed by atoms with Gasteiger partial charge in [0.05, 0.1) is 36.0 Å². The Morgan fingerprint density at radius 1 is 1.22 bits per heavy atom. The molecule has 0 saturated carbocycles. The van der Waals surface area contributed by atoms with E-state index in [-0.39, 0.29) is 25.5 Å². The van der Waals surface area contributed by atoms with E-state index in [1.165, 1.54) is 31.5 Å². The molecule has 0 bridgehead atoms. The van der Waals surface area contributed by atoms with Crippen LogP contribution in [-0.4, -0.2) is 50.4 Å². The Hall–Kier alpha value is -2.91. The van der Waals surface area contributed by atoms with Crippen molar-refractivity contribution in [3.05, 3.63) is 56.4 Å². The fraction of sp³-hybridized carbons (Fsp3) is 0.211. The number of aliphatic hydroxyl groups excluding tert-OH is 1. The van der Waals surface area contributed by atoms with Gasteiger partial charge >= 0.3 is 0 Å². The van der Waals surface area contributed by atoms with Crippen LogP contribution < -0.4 is 10.8 Å². The van der Waals surface area contributed by atoms with Crippen LogP contribution in [0.1, 0.15) is 15.9 Å². The van der Waals surface area contributed by atoms with Crippen molar-refractivity contribution in [2.75, 3.05) is 32.2 Å². The van der Waals surface area contributed by atoms with Crippen molar-refractivity contribution in [3.63, 3.8) is 0 Å². The van der Waals surface area contributed by atoms with E-state index in [1.54, 1.807) is 0 Å². The number of aliphatic hydroxyl groups is 1. The highest BCUT2D eigenvalue weighted by molar-refractivity contribution is 14.1. The number of benzene rings is 2. The Morgan fingerprint density at radius 3 is 2.69 bits per heavy atom. The van der Waals surface area contributed by atoms with Crippen LogP contribution in [0.15, 0.2) is 34.6 Å². The van der Waals surface area contributed by atoms with Crippen molar-refractivity contribution < 1.29 is 37.6 Å². The minimum Gasteiger partial charge on any atom is -0.399 e. The van der Waals surface area contributed by atoms with Gasteiger partial charge in [0.25, 0.3) is 5.91 Å². The lowest BCUT2D eigenvalue weighted by Gasteiger charge is -2.15. The molecule has 3 N–H and O–H groups in total. The number of nitrogens with zero attached hydrogens (tertiary/aromatic N) is 2. The highest BCUT2D eigenvalue weighted by Gasteiger charge is 2.23. The molecule has 32 heavy (non-hydrogen) atoms. The number of hydroxylamine groups is 1. The molecule has 0 unspecified atom stereocenters. The first-order valence-electron chi connectivity index (χ1n) is 8.86. The predicted octanol–water partition coefficient (Wildman–Crippen LogP) is 3.09. The van der Waals surface area contributed by atoms with Gasteiger partial charge < -0.3 is 20.1 Å². The molecular formula is C19H18F3IN4O5. The van der Waals surface area contributed by atoms with Crippen molar-refractivity contribution in [2.45, 2.75) is 0 Å². The number of anilines is 2. The van der Waals surface area contributed by atoms with Crippen LogP contribution in [0.3, 0.4) is 0 Å². The summed E-state index contributed by atoms with van der Waals surface area (Å²) >= 11 is 1.89. The minimum absolute atomic E-state index is 0.170. The molecule has 0 saturated heterocycles. The number of hydrogen-bond acceptors (Lipinski definition) is 8. The Labute approximate surface area is 194 Å². The Bertz CT molecular complexity index is 1010. The molecular weight excluding hydrogens is 548 g/mol. The van der Waals surface area contributed by atoms with Crippen molar-refractivity contribution in [1.29, 1.82) is 0 Å². The third-order valence-electron chi connectivity index (χ3n) is 3.62. The highest BCUT2D eigenvalue weighted by atomic mass is 127. The molecule has 0 heterocycles. The quantitative estimate of drug-likeness (QED) is 0.167. The van der Waals surface area contributed by atoms with Crippen molar-refractivity contribution in [3.8, 4) is 0 Å². The summed E-state index contributed by atoms with van der Waals surface area (Å²) in [6, 6.07) is 5.00. The average Bonchev–Trinajstić information content (AvgIpc) is 2.77. The maximum Gasteiger partial charge on any atom is 0.277 e. The van der Waals surface area contributed by atoms with Gasteiger partial charge in [-0.05, 0) is 46.9 Å². The number of halogens is 4. The van der Waals surface area contributed by atoms with Gasteiger partial charge in [-0.1, -0.05) is 10.3 Å². The minimum atomic E-state index is -1.46. The van der Waals surface area contributed by atoms with E-state index in [9.17, 15) is 18.0 Å². The van der Waals surface area contributed by atoms with E-state index in [0.29, 0.717) is 3.57 Å². The van der Waals surface area contributed by atoms with Gasteiger partial charge in [0.15, 0.2) is 11.6 Å². The summed E-state index contributed by atoms with van der Waals surface area (Å²) < 4.78 is 44.3. The zero-order valence-electron chi connectivity index (χ0n) is 16.6. The fourth-order valence-corrected chi connectivity index (χ4v) is 2.71. The van der Waals surface area contributed by atoms with Crippen LogP contribution in [0.5, 0.6) is 0 Å². The summed E-state index contributed by atoms with van der Waals surface area (Å²) in [6.45, 7) is -0.687. The molecule has 172 valence electrons. The van der Waals surface area contributed by atoms with E-state index in [4.69, 9.17) is 9.94 Å². The largest absolute Gasteiger partial charge is 0.399 e. The first kappa shape index (κ1) is 25.4. The molecule has 13 heteroatoms. The van der Waals surface area contributed by atoms with Gasteiger partial charge in [0.2, 0.25) is 0 Å². The third-order valence-corrected chi connectivity index (χ3v) is 4.29. The Balaban J connectivity index is 2.42. The number of nitrogens with one attached hydrogen (secondary N) is 2. The molecule has 2 aromatic rings. The van der Waals surface area contributed by atoms with Crippen LogP contribution in [0.2, 0.25) is 0 Å². The third kappa shape index (κ3) is 7.06. The van der Waals surface area contributed by atoms with Crippen molar-refractivity contribution >= 4 is 52.3 Å². The molecule has 2 aromatic carbocycles. The van der Waals surface area contributed by atoms with Gasteiger partial charge in [-0.15, -0.1) is 0 Å². The number of hydrogen-bond donors (Lipinski definition) is 3. The van der Waals surface area contributed by atoms with Gasteiger partial charge in [0, 0.05) is 9.13 Å². The average molecular weight is 566 g/mol. The van der Waals surface area contributed by atoms with E-state index in [2.05, 4.69) is 25.3 Å². The maximum absolute atomic E-state index is 14.9. The first-order chi connectivity index (χ1) is 15.4. The number of oxime groups is 2. The zero-order chi connectivity index (χ0) is 23.5. The number of carbonyl (C=O) groups is 1. The topological polar surface area (TPSA) is 114 Å². The van der Waals surface area contributed by atoms with Crippen LogP contribution in [-0.2, 0) is 14.5 Å². The SMILES string of the molecule is CO/N=C/CONC(=O)c1cc(C=NOCCO)c(F)c(F)c1Nc1ccc(I)cc1F. The van der Waals surface area contributed by atoms with Gasteiger partial charge in [0.1, 0.15) is 26.1 Å². The molecule has 0 atom stereocenters. The molecule has 0 fully saturated rings. The van der Waals surface area contributed by atoms with Gasteiger partial charge in [-0.3, -0.25) is 9.63 Å². The summed E-state index contributed by atoms with van der Waals surface area (Å²) in [7, 11) is 1.31. The number of carbonyl (C=O) groups excluding carboxylic acids is 1. The van der Waals surface area contributed by atoms with E-state index >= 15 is 0 Å². The maximum atomic E-state index is 14.9. The smallest absolute Gasteiger partial charge is 0.277 e. The molecule has 9 nitrogen and oxygen atoms in total. The second-order valence-corrected chi connectivity index (χ2v) is 7.02. The summed E-state index contributed by atoms with van der Waals surface area (Å²) in [5.74, 6) is -4.52. The summed E-state index contributed by atoms with van der Waals surface area (Å²) in [5.41, 5.74) is 0.396. The highest BCUT2D eigenvalue weighted by Crippen LogP contribution is 2.30. The summed E-state index contributed by atoms with van der Waals surface area (Å²) in [6.07, 6.45) is 2.02. The second-order valence-electron chi connectivity index (χ2n) is 5.77. The van der Waals surface area contributed by atoms with Crippen molar-refractivity contribution in [1.82, 2.24) is 5.48 Å². The van der Waals surface area contributed by atoms with E-state index in [1.807, 2.05) is 28.1 Å². The van der Waals surface area contributed by atoms with E-state index in [0.717, 1.165) is 12.3 Å². The fourth-order valence-electron chi connectivity index (χ4n) is 2.26. The zero-order valence-corrected chi connectivity index (χ0v) is 18.7. The normalized spacial score (nSPS) is 11.2. The lowest BCUT2D eigenvalue weighted by Crippen LogP contribution is -2.26. The summed E-state index contributed by atoms with van der Waals surface area (Å²) in [4.78, 5) is 26.5. The Kier molecular flexibility index (Phi) is 10.2. The molecule has 0 aliphatic heterocycles. The van der Waals surface area contributed by atoms with E-state index < -0.39 is 40.2 Å². The second kappa shape index (κ2) is 12.8. The summed E-state index contributed by atoms with van der Waals surface area (Å²) in [5, 5.41) is 17.9. The number of rotatable bonds is 11. The molecule has 0 aliphatic rings.